The van der Waals surface area contributed by atoms with Crippen LogP contribution in [0.2, 0.25) is 5.02 Å². The van der Waals surface area contributed by atoms with Crippen molar-refractivity contribution in [3.8, 4) is 0 Å². The lowest BCUT2D eigenvalue weighted by molar-refractivity contribution is -0.121. The molecule has 0 radical (unpaired) electrons. The molecule has 1 heterocycles. The van der Waals surface area contributed by atoms with Gasteiger partial charge in [0.05, 0.1) is 10.2 Å². The average Bonchev–Trinajstić information content (AvgIpc) is 3.09. The van der Waals surface area contributed by atoms with Gasteiger partial charge in [0.1, 0.15) is 6.04 Å². The number of carbonyl (C=O) groups excluding carboxylic acids is 2. The van der Waals surface area contributed by atoms with E-state index >= 15 is 0 Å². The van der Waals surface area contributed by atoms with E-state index in [2.05, 4.69) is 10.3 Å². The second kappa shape index (κ2) is 8.06. The minimum absolute atomic E-state index is 0.0782. The Hall–Kier alpha value is -2.44. The number of para-hydroxylation sites is 1. The summed E-state index contributed by atoms with van der Waals surface area (Å²) in [5.74, 6) is -0.589. The molecule has 0 fully saturated rings. The summed E-state index contributed by atoms with van der Waals surface area (Å²) in [5.41, 5.74) is 1.31. The largest absolute Gasteiger partial charge is 0.340 e. The molecule has 0 saturated carbocycles. The summed E-state index contributed by atoms with van der Waals surface area (Å²) in [7, 11) is 1.68. The number of hydrogen-bond acceptors (Lipinski definition) is 4. The minimum Gasteiger partial charge on any atom is -0.340 e. The average molecular weight is 402 g/mol. The normalized spacial score (nSPS) is 12.2. The molecule has 0 spiro atoms. The highest BCUT2D eigenvalue weighted by Crippen LogP contribution is 2.28. The van der Waals surface area contributed by atoms with Crippen molar-refractivity contribution in [2.45, 2.75) is 19.9 Å². The monoisotopic (exact) mass is 401 g/mol. The van der Waals surface area contributed by atoms with E-state index in [0.717, 1.165) is 10.2 Å². The first-order chi connectivity index (χ1) is 12.9. The molecule has 2 amide bonds. The quantitative estimate of drug-likeness (QED) is 0.690. The fraction of sp³-hybridized carbons (Fsp3) is 0.250. The molecule has 1 unspecified atom stereocenters. The molecule has 0 bridgehead atoms. The molecule has 3 rings (SSSR count). The molecular weight excluding hydrogens is 382 g/mol. The first kappa shape index (κ1) is 19.3. The number of carbonyl (C=O) groups is 2. The number of amides is 2. The van der Waals surface area contributed by atoms with Crippen LogP contribution in [-0.2, 0) is 4.79 Å². The zero-order chi connectivity index (χ0) is 19.6. The zero-order valence-corrected chi connectivity index (χ0v) is 16.8. The van der Waals surface area contributed by atoms with Crippen LogP contribution in [-0.4, -0.2) is 29.9 Å². The Bertz CT molecular complexity index is 936. The van der Waals surface area contributed by atoms with Crippen molar-refractivity contribution in [2.24, 2.45) is 5.92 Å². The van der Waals surface area contributed by atoms with Crippen LogP contribution in [0.1, 0.15) is 24.2 Å². The SMILES string of the molecule is CC(C)C(NC(=O)c1ccc(Cl)cc1)C(=O)N(C)c1nc2ccccc2s1. The Labute approximate surface area is 167 Å². The van der Waals surface area contributed by atoms with Crippen molar-refractivity contribution in [1.82, 2.24) is 10.3 Å². The number of hydrogen-bond donors (Lipinski definition) is 1. The molecule has 3 aromatic rings. The lowest BCUT2D eigenvalue weighted by Gasteiger charge is -2.25. The molecule has 2 aromatic carbocycles. The van der Waals surface area contributed by atoms with E-state index in [9.17, 15) is 9.59 Å². The number of thiazole rings is 1. The summed E-state index contributed by atoms with van der Waals surface area (Å²) in [5, 5.41) is 4.00. The maximum Gasteiger partial charge on any atom is 0.251 e. The molecule has 1 atom stereocenters. The maximum absolute atomic E-state index is 13.0. The zero-order valence-electron chi connectivity index (χ0n) is 15.3. The maximum atomic E-state index is 13.0. The topological polar surface area (TPSA) is 62.3 Å². The van der Waals surface area contributed by atoms with Gasteiger partial charge in [0.15, 0.2) is 5.13 Å². The molecule has 140 valence electrons. The van der Waals surface area contributed by atoms with Crippen LogP contribution in [0.15, 0.2) is 48.5 Å². The molecule has 0 saturated heterocycles. The van der Waals surface area contributed by atoms with E-state index in [1.165, 1.54) is 16.2 Å². The first-order valence-electron chi connectivity index (χ1n) is 8.56. The standard InChI is InChI=1S/C20H20ClN3O2S/c1-12(2)17(23-18(25)13-8-10-14(21)11-9-13)19(26)24(3)20-22-15-6-4-5-7-16(15)27-20/h4-12,17H,1-3H3,(H,23,25). The van der Waals surface area contributed by atoms with E-state index in [0.29, 0.717) is 15.7 Å². The molecule has 7 heteroatoms. The van der Waals surface area contributed by atoms with Crippen molar-refractivity contribution < 1.29 is 9.59 Å². The molecule has 27 heavy (non-hydrogen) atoms. The molecule has 0 aliphatic heterocycles. The third-order valence-corrected chi connectivity index (χ3v) is 5.59. The number of likely N-dealkylation sites (N-methyl/N-ethyl adjacent to an activating group) is 1. The van der Waals surface area contributed by atoms with Crippen molar-refractivity contribution in [1.29, 1.82) is 0 Å². The number of fused-ring (bicyclic) bond motifs is 1. The van der Waals surface area contributed by atoms with Crippen LogP contribution in [0, 0.1) is 5.92 Å². The molecule has 1 N–H and O–H groups in total. The van der Waals surface area contributed by atoms with Gasteiger partial charge >= 0.3 is 0 Å². The van der Waals surface area contributed by atoms with Crippen LogP contribution < -0.4 is 10.2 Å². The van der Waals surface area contributed by atoms with Crippen molar-refractivity contribution in [2.75, 3.05) is 11.9 Å². The summed E-state index contributed by atoms with van der Waals surface area (Å²) in [6.07, 6.45) is 0. The predicted molar refractivity (Wildman–Crippen MR) is 111 cm³/mol. The van der Waals surface area contributed by atoms with Gasteiger partial charge in [0, 0.05) is 17.6 Å². The number of rotatable bonds is 5. The van der Waals surface area contributed by atoms with Crippen LogP contribution >= 0.6 is 22.9 Å². The third-order valence-electron chi connectivity index (χ3n) is 4.23. The van der Waals surface area contributed by atoms with Crippen molar-refractivity contribution >= 4 is 50.1 Å². The molecule has 0 aliphatic carbocycles. The van der Waals surface area contributed by atoms with Gasteiger partial charge in [0.25, 0.3) is 11.8 Å². The Kier molecular flexibility index (Phi) is 5.77. The Morgan fingerprint density at radius 2 is 1.78 bits per heavy atom. The summed E-state index contributed by atoms with van der Waals surface area (Å²) < 4.78 is 1.01. The van der Waals surface area contributed by atoms with Gasteiger partial charge in [-0.1, -0.05) is 48.9 Å². The summed E-state index contributed by atoms with van der Waals surface area (Å²) >= 11 is 7.31. The summed E-state index contributed by atoms with van der Waals surface area (Å²) in [6.45, 7) is 3.80. The smallest absolute Gasteiger partial charge is 0.251 e. The second-order valence-corrected chi connectivity index (χ2v) is 8.01. The van der Waals surface area contributed by atoms with Crippen LogP contribution in [0.4, 0.5) is 5.13 Å². The lowest BCUT2D eigenvalue weighted by atomic mass is 10.0. The summed E-state index contributed by atoms with van der Waals surface area (Å²) in [4.78, 5) is 31.6. The number of halogens is 1. The van der Waals surface area contributed by atoms with Gasteiger partial charge in [0.2, 0.25) is 0 Å². The van der Waals surface area contributed by atoms with Gasteiger partial charge in [-0.3, -0.25) is 14.5 Å². The van der Waals surface area contributed by atoms with Gasteiger partial charge in [-0.2, -0.15) is 0 Å². The van der Waals surface area contributed by atoms with E-state index in [4.69, 9.17) is 11.6 Å². The lowest BCUT2D eigenvalue weighted by Crippen LogP contribution is -2.50. The van der Waals surface area contributed by atoms with Crippen molar-refractivity contribution in [3.63, 3.8) is 0 Å². The van der Waals surface area contributed by atoms with Gasteiger partial charge in [-0.15, -0.1) is 0 Å². The third kappa shape index (κ3) is 4.28. The number of anilines is 1. The Balaban J connectivity index is 1.79. The minimum atomic E-state index is -0.662. The van der Waals surface area contributed by atoms with E-state index in [-0.39, 0.29) is 17.7 Å². The van der Waals surface area contributed by atoms with E-state index in [1.807, 2.05) is 38.1 Å². The fourth-order valence-electron chi connectivity index (χ4n) is 2.65. The van der Waals surface area contributed by atoms with Gasteiger partial charge in [-0.25, -0.2) is 4.98 Å². The molecular formula is C20H20ClN3O2S. The molecule has 1 aromatic heterocycles. The fourth-order valence-corrected chi connectivity index (χ4v) is 3.70. The first-order valence-corrected chi connectivity index (χ1v) is 9.76. The highest BCUT2D eigenvalue weighted by molar-refractivity contribution is 7.22. The second-order valence-electron chi connectivity index (χ2n) is 6.56. The highest BCUT2D eigenvalue weighted by atomic mass is 35.5. The number of benzene rings is 2. The Morgan fingerprint density at radius 1 is 1.11 bits per heavy atom. The van der Waals surface area contributed by atoms with Crippen LogP contribution in [0.5, 0.6) is 0 Å². The van der Waals surface area contributed by atoms with Crippen LogP contribution in [0.25, 0.3) is 10.2 Å². The highest BCUT2D eigenvalue weighted by Gasteiger charge is 2.29. The van der Waals surface area contributed by atoms with Gasteiger partial charge in [-0.05, 0) is 42.3 Å². The molecule has 0 aliphatic rings. The predicted octanol–water partition coefficient (Wildman–Crippen LogP) is 4.37. The van der Waals surface area contributed by atoms with Gasteiger partial charge < -0.3 is 5.32 Å². The van der Waals surface area contributed by atoms with Crippen LogP contribution in [0.3, 0.4) is 0 Å². The molecule has 5 nitrogen and oxygen atoms in total. The van der Waals surface area contributed by atoms with Crippen molar-refractivity contribution in [3.05, 3.63) is 59.1 Å². The number of nitrogens with zero attached hydrogens (tertiary/aromatic N) is 2. The van der Waals surface area contributed by atoms with E-state index in [1.54, 1.807) is 31.3 Å². The van der Waals surface area contributed by atoms with E-state index < -0.39 is 6.04 Å². The summed E-state index contributed by atoms with van der Waals surface area (Å²) in [6, 6.07) is 13.6. The Morgan fingerprint density at radius 3 is 2.41 bits per heavy atom. The number of aromatic nitrogens is 1. The number of nitrogens with one attached hydrogen (secondary N) is 1.